The van der Waals surface area contributed by atoms with E-state index in [2.05, 4.69) is 32.2 Å². The Morgan fingerprint density at radius 1 is 1.27 bits per heavy atom. The Balaban J connectivity index is 2.53. The molecule has 0 saturated carbocycles. The minimum absolute atomic E-state index is 0.191. The number of nitrogens with one attached hydrogen (secondary N) is 1. The molecule has 0 amide bonds. The minimum Gasteiger partial charge on any atom is -0.398 e. The van der Waals surface area contributed by atoms with Crippen molar-refractivity contribution in [3.63, 3.8) is 0 Å². The summed E-state index contributed by atoms with van der Waals surface area (Å²) in [5.41, 5.74) is 8.13. The summed E-state index contributed by atoms with van der Waals surface area (Å²) in [7, 11) is 0. The molecule has 2 heteroatoms. The quantitative estimate of drug-likeness (QED) is 0.727. The first-order chi connectivity index (χ1) is 7.05. The van der Waals surface area contributed by atoms with Crippen molar-refractivity contribution in [1.29, 1.82) is 0 Å². The zero-order valence-electron chi connectivity index (χ0n) is 10.0. The highest BCUT2D eigenvalue weighted by Crippen LogP contribution is 2.15. The fourth-order valence-corrected chi connectivity index (χ4v) is 1.74. The Morgan fingerprint density at radius 3 is 2.53 bits per heavy atom. The van der Waals surface area contributed by atoms with Crippen LogP contribution >= 0.6 is 0 Å². The fraction of sp³-hybridized carbons (Fsp3) is 0.538. The molecular formula is C13H22N2. The summed E-state index contributed by atoms with van der Waals surface area (Å²) in [6.07, 6.45) is 2.38. The summed E-state index contributed by atoms with van der Waals surface area (Å²) in [5, 5.41) is 3.54. The van der Waals surface area contributed by atoms with Gasteiger partial charge in [0.2, 0.25) is 0 Å². The van der Waals surface area contributed by atoms with Crippen LogP contribution in [0.5, 0.6) is 0 Å². The molecule has 0 aromatic heterocycles. The molecule has 84 valence electrons. The predicted molar refractivity (Wildman–Crippen MR) is 66.7 cm³/mol. The molecule has 0 atom stereocenters. The van der Waals surface area contributed by atoms with E-state index in [1.165, 1.54) is 18.4 Å². The van der Waals surface area contributed by atoms with E-state index >= 15 is 0 Å². The molecule has 2 nitrogen and oxygen atoms in total. The lowest BCUT2D eigenvalue weighted by atomic mass is 9.98. The van der Waals surface area contributed by atoms with Gasteiger partial charge in [0.1, 0.15) is 0 Å². The molecule has 0 fully saturated rings. The smallest absolute Gasteiger partial charge is 0.0359 e. The molecule has 0 bridgehead atoms. The predicted octanol–water partition coefficient (Wildman–Crippen LogP) is 2.94. The maximum atomic E-state index is 5.88. The summed E-state index contributed by atoms with van der Waals surface area (Å²) in [6, 6.07) is 8.02. The Bertz CT molecular complexity index is 305. The van der Waals surface area contributed by atoms with Crippen LogP contribution in [0, 0.1) is 0 Å². The van der Waals surface area contributed by atoms with E-state index < -0.39 is 0 Å². The highest BCUT2D eigenvalue weighted by Gasteiger charge is 2.15. The standard InChI is InChI=1S/C13H22N2/c1-4-9-13(2,3)15-10-11-7-5-6-8-12(11)14/h5-8,15H,4,9-10,14H2,1-3H3. The Morgan fingerprint density at radius 2 is 1.93 bits per heavy atom. The van der Waals surface area contributed by atoms with Crippen LogP contribution in [0.15, 0.2) is 24.3 Å². The first kappa shape index (κ1) is 12.1. The highest BCUT2D eigenvalue weighted by molar-refractivity contribution is 5.46. The highest BCUT2D eigenvalue weighted by atomic mass is 14.9. The summed E-state index contributed by atoms with van der Waals surface area (Å²) in [5.74, 6) is 0. The zero-order valence-corrected chi connectivity index (χ0v) is 10.0. The van der Waals surface area contributed by atoms with Crippen LogP contribution in [0.4, 0.5) is 5.69 Å². The van der Waals surface area contributed by atoms with Gasteiger partial charge in [-0.05, 0) is 31.9 Å². The van der Waals surface area contributed by atoms with Gasteiger partial charge in [-0.15, -0.1) is 0 Å². The molecule has 0 aliphatic rings. The Labute approximate surface area is 92.9 Å². The monoisotopic (exact) mass is 206 g/mol. The summed E-state index contributed by atoms with van der Waals surface area (Å²) >= 11 is 0. The second-order valence-electron chi connectivity index (χ2n) is 4.69. The van der Waals surface area contributed by atoms with Crippen molar-refractivity contribution in [2.75, 3.05) is 5.73 Å². The molecule has 1 aromatic rings. The van der Waals surface area contributed by atoms with Crippen molar-refractivity contribution in [2.24, 2.45) is 0 Å². The van der Waals surface area contributed by atoms with Crippen LogP contribution in [0.2, 0.25) is 0 Å². The SMILES string of the molecule is CCCC(C)(C)NCc1ccccc1N. The van der Waals surface area contributed by atoms with Gasteiger partial charge in [-0.1, -0.05) is 31.5 Å². The molecule has 0 heterocycles. The van der Waals surface area contributed by atoms with Crippen LogP contribution in [-0.4, -0.2) is 5.54 Å². The third kappa shape index (κ3) is 3.92. The van der Waals surface area contributed by atoms with Crippen molar-refractivity contribution in [3.05, 3.63) is 29.8 Å². The van der Waals surface area contributed by atoms with Crippen LogP contribution in [-0.2, 0) is 6.54 Å². The van der Waals surface area contributed by atoms with E-state index in [0.29, 0.717) is 0 Å². The Hall–Kier alpha value is -1.02. The number of hydrogen-bond donors (Lipinski definition) is 2. The molecule has 0 spiro atoms. The van der Waals surface area contributed by atoms with Gasteiger partial charge in [-0.3, -0.25) is 0 Å². The lowest BCUT2D eigenvalue weighted by molar-refractivity contribution is 0.357. The van der Waals surface area contributed by atoms with Gasteiger partial charge in [0.15, 0.2) is 0 Å². The number of hydrogen-bond acceptors (Lipinski definition) is 2. The van der Waals surface area contributed by atoms with Crippen molar-refractivity contribution in [2.45, 2.75) is 45.7 Å². The number of benzene rings is 1. The van der Waals surface area contributed by atoms with Crippen LogP contribution in [0.25, 0.3) is 0 Å². The van der Waals surface area contributed by atoms with Crippen LogP contribution in [0.1, 0.15) is 39.2 Å². The van der Waals surface area contributed by atoms with Gasteiger partial charge >= 0.3 is 0 Å². The van der Waals surface area contributed by atoms with E-state index in [-0.39, 0.29) is 5.54 Å². The molecule has 0 unspecified atom stereocenters. The maximum absolute atomic E-state index is 5.88. The summed E-state index contributed by atoms with van der Waals surface area (Å²) in [4.78, 5) is 0. The number of rotatable bonds is 5. The molecule has 0 radical (unpaired) electrons. The largest absolute Gasteiger partial charge is 0.398 e. The zero-order chi connectivity index (χ0) is 11.3. The second-order valence-corrected chi connectivity index (χ2v) is 4.69. The molecular weight excluding hydrogens is 184 g/mol. The van der Waals surface area contributed by atoms with E-state index in [1.807, 2.05) is 18.2 Å². The van der Waals surface area contributed by atoms with Gasteiger partial charge in [-0.2, -0.15) is 0 Å². The van der Waals surface area contributed by atoms with E-state index in [0.717, 1.165) is 12.2 Å². The third-order valence-corrected chi connectivity index (χ3v) is 2.69. The molecule has 0 aliphatic heterocycles. The van der Waals surface area contributed by atoms with E-state index in [1.54, 1.807) is 0 Å². The average molecular weight is 206 g/mol. The lowest BCUT2D eigenvalue weighted by Crippen LogP contribution is -2.38. The molecule has 1 rings (SSSR count). The topological polar surface area (TPSA) is 38.0 Å². The molecule has 3 N–H and O–H groups in total. The van der Waals surface area contributed by atoms with Gasteiger partial charge in [0.05, 0.1) is 0 Å². The Kier molecular flexibility index (Phi) is 4.15. The first-order valence-electron chi connectivity index (χ1n) is 5.63. The van der Waals surface area contributed by atoms with Crippen LogP contribution < -0.4 is 11.1 Å². The number of nitrogens with two attached hydrogens (primary N) is 1. The number of para-hydroxylation sites is 1. The maximum Gasteiger partial charge on any atom is 0.0359 e. The average Bonchev–Trinajstić information content (AvgIpc) is 2.16. The van der Waals surface area contributed by atoms with E-state index in [4.69, 9.17) is 5.73 Å². The first-order valence-corrected chi connectivity index (χ1v) is 5.63. The van der Waals surface area contributed by atoms with E-state index in [9.17, 15) is 0 Å². The number of nitrogen functional groups attached to an aromatic ring is 1. The lowest BCUT2D eigenvalue weighted by Gasteiger charge is -2.26. The summed E-state index contributed by atoms with van der Waals surface area (Å²) in [6.45, 7) is 7.52. The second kappa shape index (κ2) is 5.17. The van der Waals surface area contributed by atoms with Gasteiger partial charge < -0.3 is 11.1 Å². The molecule has 15 heavy (non-hydrogen) atoms. The van der Waals surface area contributed by atoms with Gasteiger partial charge in [-0.25, -0.2) is 0 Å². The van der Waals surface area contributed by atoms with Gasteiger partial charge in [0.25, 0.3) is 0 Å². The van der Waals surface area contributed by atoms with Crippen LogP contribution in [0.3, 0.4) is 0 Å². The molecule has 0 aliphatic carbocycles. The van der Waals surface area contributed by atoms with Crippen molar-refractivity contribution in [3.8, 4) is 0 Å². The number of anilines is 1. The van der Waals surface area contributed by atoms with Crippen molar-refractivity contribution in [1.82, 2.24) is 5.32 Å². The van der Waals surface area contributed by atoms with Crippen molar-refractivity contribution < 1.29 is 0 Å². The molecule has 1 aromatic carbocycles. The summed E-state index contributed by atoms with van der Waals surface area (Å²) < 4.78 is 0. The minimum atomic E-state index is 0.191. The third-order valence-electron chi connectivity index (χ3n) is 2.69. The normalized spacial score (nSPS) is 11.7. The van der Waals surface area contributed by atoms with Crippen molar-refractivity contribution >= 4 is 5.69 Å². The fourth-order valence-electron chi connectivity index (χ4n) is 1.74. The molecule has 0 saturated heterocycles. The van der Waals surface area contributed by atoms with Gasteiger partial charge in [0, 0.05) is 17.8 Å².